The third-order valence-electron chi connectivity index (χ3n) is 1.96. The van der Waals surface area contributed by atoms with Gasteiger partial charge in [0.1, 0.15) is 0 Å². The van der Waals surface area contributed by atoms with E-state index in [-0.39, 0.29) is 5.41 Å². The lowest BCUT2D eigenvalue weighted by atomic mass is 9.89. The van der Waals surface area contributed by atoms with Gasteiger partial charge in [0.15, 0.2) is 0 Å². The van der Waals surface area contributed by atoms with Gasteiger partial charge in [-0.05, 0) is 20.3 Å². The van der Waals surface area contributed by atoms with E-state index in [0.29, 0.717) is 0 Å². The predicted octanol–water partition coefficient (Wildman–Crippen LogP) is 3.51. The van der Waals surface area contributed by atoms with Crippen molar-refractivity contribution in [3.8, 4) is 6.07 Å². The summed E-state index contributed by atoms with van der Waals surface area (Å²) in [5, 5.41) is 8.70. The lowest BCUT2D eigenvalue weighted by Crippen LogP contribution is -2.06. The first-order valence-corrected chi connectivity index (χ1v) is 4.53. The van der Waals surface area contributed by atoms with E-state index >= 15 is 0 Å². The van der Waals surface area contributed by atoms with Crippen molar-refractivity contribution < 1.29 is 0 Å². The van der Waals surface area contributed by atoms with Gasteiger partial charge >= 0.3 is 0 Å². The first-order chi connectivity index (χ1) is 5.12. The summed E-state index contributed by atoms with van der Waals surface area (Å²) in [7, 11) is 0. The van der Waals surface area contributed by atoms with Crippen molar-refractivity contribution >= 4 is 0 Å². The lowest BCUT2D eigenvalue weighted by Gasteiger charge is -2.13. The summed E-state index contributed by atoms with van der Waals surface area (Å²) >= 11 is 0. The van der Waals surface area contributed by atoms with Gasteiger partial charge in [0.25, 0.3) is 0 Å². The Labute approximate surface area is 70.4 Å². The van der Waals surface area contributed by atoms with Crippen LogP contribution in [0.1, 0.15) is 52.9 Å². The molecule has 0 spiro atoms. The van der Waals surface area contributed by atoms with E-state index in [1.807, 2.05) is 13.8 Å². The Balaban J connectivity index is 3.32. The molecule has 0 aromatic rings. The number of hydrogen-bond donors (Lipinski definition) is 0. The summed E-state index contributed by atoms with van der Waals surface area (Å²) < 4.78 is 0. The number of nitrogens with zero attached hydrogens (tertiary/aromatic N) is 1. The third kappa shape index (κ3) is 5.91. The van der Waals surface area contributed by atoms with Crippen LogP contribution in [0.4, 0.5) is 0 Å². The van der Waals surface area contributed by atoms with E-state index in [2.05, 4.69) is 13.0 Å². The van der Waals surface area contributed by atoms with Crippen molar-refractivity contribution in [1.29, 1.82) is 5.26 Å². The van der Waals surface area contributed by atoms with Crippen LogP contribution >= 0.6 is 0 Å². The average molecular weight is 153 g/mol. The second-order valence-corrected chi connectivity index (χ2v) is 3.81. The normalized spacial score (nSPS) is 11.1. The molecule has 64 valence electrons. The van der Waals surface area contributed by atoms with Gasteiger partial charge in [0, 0.05) is 0 Å². The molecule has 0 amide bonds. The molecule has 0 aliphatic heterocycles. The second kappa shape index (κ2) is 5.18. The van der Waals surface area contributed by atoms with Crippen LogP contribution < -0.4 is 0 Å². The van der Waals surface area contributed by atoms with E-state index in [4.69, 9.17) is 5.26 Å². The first kappa shape index (κ1) is 10.5. The van der Waals surface area contributed by atoms with Gasteiger partial charge in [-0.1, -0.05) is 32.6 Å². The van der Waals surface area contributed by atoms with Gasteiger partial charge in [0.2, 0.25) is 0 Å². The van der Waals surface area contributed by atoms with Gasteiger partial charge in [-0.2, -0.15) is 5.26 Å². The highest BCUT2D eigenvalue weighted by molar-refractivity contribution is 4.91. The minimum atomic E-state index is -0.103. The Bertz CT molecular complexity index is 130. The smallest absolute Gasteiger partial charge is 0.0683 e. The van der Waals surface area contributed by atoms with E-state index in [9.17, 15) is 0 Å². The molecule has 1 heteroatoms. The molecule has 0 aliphatic rings. The summed E-state index contributed by atoms with van der Waals surface area (Å²) in [6.07, 6.45) is 6.11. The molecule has 0 saturated carbocycles. The summed E-state index contributed by atoms with van der Waals surface area (Å²) in [4.78, 5) is 0. The van der Waals surface area contributed by atoms with Gasteiger partial charge in [-0.25, -0.2) is 0 Å². The minimum Gasteiger partial charge on any atom is -0.198 e. The van der Waals surface area contributed by atoms with Crippen LogP contribution in [-0.4, -0.2) is 0 Å². The lowest BCUT2D eigenvalue weighted by molar-refractivity contribution is 0.422. The molecule has 0 rings (SSSR count). The molecule has 0 radical (unpaired) electrons. The molecular weight excluding hydrogens is 134 g/mol. The average Bonchev–Trinajstić information content (AvgIpc) is 1.99. The highest BCUT2D eigenvalue weighted by Crippen LogP contribution is 2.22. The zero-order valence-corrected chi connectivity index (χ0v) is 7.98. The van der Waals surface area contributed by atoms with Crippen molar-refractivity contribution in [3.63, 3.8) is 0 Å². The maximum absolute atomic E-state index is 8.70. The maximum Gasteiger partial charge on any atom is 0.0683 e. The fourth-order valence-electron chi connectivity index (χ4n) is 1.05. The van der Waals surface area contributed by atoms with Crippen molar-refractivity contribution in [3.05, 3.63) is 0 Å². The first-order valence-electron chi connectivity index (χ1n) is 4.53. The van der Waals surface area contributed by atoms with E-state index in [1.54, 1.807) is 0 Å². The minimum absolute atomic E-state index is 0.103. The summed E-state index contributed by atoms with van der Waals surface area (Å²) in [5.41, 5.74) is -0.103. The Morgan fingerprint density at radius 3 is 2.27 bits per heavy atom. The fourth-order valence-corrected chi connectivity index (χ4v) is 1.05. The van der Waals surface area contributed by atoms with Crippen LogP contribution in [0.2, 0.25) is 0 Å². The molecule has 0 saturated heterocycles. The zero-order valence-electron chi connectivity index (χ0n) is 7.98. The zero-order chi connectivity index (χ0) is 8.74. The van der Waals surface area contributed by atoms with Crippen LogP contribution in [0.25, 0.3) is 0 Å². The molecule has 0 atom stereocenters. The second-order valence-electron chi connectivity index (χ2n) is 3.81. The standard InChI is InChI=1S/C10H19N/c1-4-5-6-7-8-10(2,3)9-11/h4-8H2,1-3H3. The summed E-state index contributed by atoms with van der Waals surface area (Å²) in [6.45, 7) is 6.23. The van der Waals surface area contributed by atoms with Gasteiger partial charge in [-0.3, -0.25) is 0 Å². The maximum atomic E-state index is 8.70. The van der Waals surface area contributed by atoms with Crippen LogP contribution in [0.15, 0.2) is 0 Å². The molecule has 0 fully saturated rings. The highest BCUT2D eigenvalue weighted by atomic mass is 14.3. The van der Waals surface area contributed by atoms with Gasteiger partial charge in [-0.15, -0.1) is 0 Å². The Morgan fingerprint density at radius 2 is 1.82 bits per heavy atom. The van der Waals surface area contributed by atoms with Crippen LogP contribution in [0.5, 0.6) is 0 Å². The molecule has 11 heavy (non-hydrogen) atoms. The monoisotopic (exact) mass is 153 g/mol. The molecule has 0 bridgehead atoms. The Kier molecular flexibility index (Phi) is 4.94. The molecule has 0 aliphatic carbocycles. The number of nitriles is 1. The van der Waals surface area contributed by atoms with Gasteiger partial charge < -0.3 is 0 Å². The molecule has 0 aromatic carbocycles. The Morgan fingerprint density at radius 1 is 1.18 bits per heavy atom. The van der Waals surface area contributed by atoms with Crippen LogP contribution in [-0.2, 0) is 0 Å². The number of rotatable bonds is 5. The van der Waals surface area contributed by atoms with Crippen molar-refractivity contribution in [2.24, 2.45) is 5.41 Å². The Hall–Kier alpha value is -0.510. The molecule has 0 aromatic heterocycles. The number of hydrogen-bond acceptors (Lipinski definition) is 1. The SMILES string of the molecule is CCCCCCC(C)(C)C#N. The van der Waals surface area contributed by atoms with E-state index in [1.165, 1.54) is 25.7 Å². The molecular formula is C10H19N. The number of unbranched alkanes of at least 4 members (excludes halogenated alkanes) is 3. The fraction of sp³-hybridized carbons (Fsp3) is 0.900. The molecule has 0 unspecified atom stereocenters. The van der Waals surface area contributed by atoms with Gasteiger partial charge in [0.05, 0.1) is 11.5 Å². The van der Waals surface area contributed by atoms with Crippen molar-refractivity contribution in [2.45, 2.75) is 52.9 Å². The molecule has 0 N–H and O–H groups in total. The highest BCUT2D eigenvalue weighted by Gasteiger charge is 2.14. The van der Waals surface area contributed by atoms with E-state index in [0.717, 1.165) is 6.42 Å². The predicted molar refractivity (Wildman–Crippen MR) is 48.2 cm³/mol. The molecule has 1 nitrogen and oxygen atoms in total. The van der Waals surface area contributed by atoms with E-state index < -0.39 is 0 Å². The van der Waals surface area contributed by atoms with Crippen LogP contribution in [0, 0.1) is 16.7 Å². The van der Waals surface area contributed by atoms with Crippen molar-refractivity contribution in [2.75, 3.05) is 0 Å². The summed E-state index contributed by atoms with van der Waals surface area (Å²) in [5.74, 6) is 0. The quantitative estimate of drug-likeness (QED) is 0.554. The third-order valence-corrected chi connectivity index (χ3v) is 1.96. The topological polar surface area (TPSA) is 23.8 Å². The summed E-state index contributed by atoms with van der Waals surface area (Å²) in [6, 6.07) is 2.32. The molecule has 0 heterocycles. The largest absolute Gasteiger partial charge is 0.198 e. The van der Waals surface area contributed by atoms with Crippen molar-refractivity contribution in [1.82, 2.24) is 0 Å². The van der Waals surface area contributed by atoms with Crippen LogP contribution in [0.3, 0.4) is 0 Å².